The maximum Gasteiger partial charge on any atom is 0.0722 e. The minimum Gasteiger partial charge on any atom is -0.371 e. The van der Waals surface area contributed by atoms with Crippen LogP contribution < -0.4 is 10.2 Å². The van der Waals surface area contributed by atoms with Crippen molar-refractivity contribution in [2.45, 2.75) is 25.8 Å². The summed E-state index contributed by atoms with van der Waals surface area (Å²) in [5, 5.41) is 4.82. The van der Waals surface area contributed by atoms with E-state index in [2.05, 4.69) is 46.4 Å². The topological polar surface area (TPSA) is 28.2 Å². The lowest BCUT2D eigenvalue weighted by Gasteiger charge is -2.30. The van der Waals surface area contributed by atoms with E-state index in [1.165, 1.54) is 23.9 Å². The maximum absolute atomic E-state index is 4.45. The molecule has 1 aromatic heterocycles. The Balaban J connectivity index is 1.93. The Morgan fingerprint density at radius 1 is 1.21 bits per heavy atom. The first-order valence-electron chi connectivity index (χ1n) is 7.17. The lowest BCUT2D eigenvalue weighted by atomic mass is 10.1. The van der Waals surface area contributed by atoms with Crippen LogP contribution in [0.5, 0.6) is 0 Å². The molecule has 2 aromatic rings. The summed E-state index contributed by atoms with van der Waals surface area (Å²) >= 11 is 0. The molecule has 19 heavy (non-hydrogen) atoms. The van der Waals surface area contributed by atoms with Gasteiger partial charge in [0.05, 0.1) is 5.52 Å². The number of rotatable bonds is 1. The van der Waals surface area contributed by atoms with Crippen LogP contribution in [0, 0.1) is 0 Å². The summed E-state index contributed by atoms with van der Waals surface area (Å²) in [5.41, 5.74) is 2.42. The quantitative estimate of drug-likeness (QED) is 0.849. The van der Waals surface area contributed by atoms with Crippen LogP contribution in [0.4, 0.5) is 5.69 Å². The first-order chi connectivity index (χ1) is 9.34. The molecule has 100 valence electrons. The van der Waals surface area contributed by atoms with Gasteiger partial charge in [-0.05, 0) is 50.6 Å². The Morgan fingerprint density at radius 3 is 3.11 bits per heavy atom. The summed E-state index contributed by atoms with van der Waals surface area (Å²) in [4.78, 5) is 6.97. The van der Waals surface area contributed by atoms with Crippen LogP contribution in [-0.2, 0) is 0 Å². The fraction of sp³-hybridized carbons (Fsp3) is 0.438. The molecule has 0 aliphatic carbocycles. The monoisotopic (exact) mass is 255 g/mol. The molecule has 1 saturated heterocycles. The molecule has 1 fully saturated rings. The van der Waals surface area contributed by atoms with Gasteiger partial charge in [-0.2, -0.15) is 0 Å². The van der Waals surface area contributed by atoms with Gasteiger partial charge >= 0.3 is 0 Å². The number of aromatic nitrogens is 1. The lowest BCUT2D eigenvalue weighted by molar-refractivity contribution is 0.475. The first kappa shape index (κ1) is 12.4. The molecule has 3 nitrogen and oxygen atoms in total. The van der Waals surface area contributed by atoms with E-state index < -0.39 is 0 Å². The summed E-state index contributed by atoms with van der Waals surface area (Å²) in [5.74, 6) is 0. The van der Waals surface area contributed by atoms with Gasteiger partial charge in [0, 0.05) is 36.4 Å². The molecule has 3 rings (SSSR count). The molecule has 1 N–H and O–H groups in total. The maximum atomic E-state index is 4.45. The molecule has 0 spiro atoms. The zero-order chi connectivity index (χ0) is 13.1. The van der Waals surface area contributed by atoms with E-state index in [1.54, 1.807) is 0 Å². The molecule has 0 radical (unpaired) electrons. The Morgan fingerprint density at radius 2 is 2.16 bits per heavy atom. The molecule has 0 saturated carbocycles. The van der Waals surface area contributed by atoms with Crippen molar-refractivity contribution in [3.63, 3.8) is 0 Å². The van der Waals surface area contributed by atoms with Gasteiger partial charge in [-0.25, -0.2) is 0 Å². The third kappa shape index (κ3) is 2.71. The number of fused-ring (bicyclic) bond motifs is 1. The summed E-state index contributed by atoms with van der Waals surface area (Å²) in [6.07, 6.45) is 4.25. The SMILES string of the molecule is CC1CCN(c2cccc3ncccc23)CCCN1. The summed E-state index contributed by atoms with van der Waals surface area (Å²) in [7, 11) is 0. The third-order valence-corrected chi connectivity index (χ3v) is 3.89. The van der Waals surface area contributed by atoms with Crippen LogP contribution in [0.25, 0.3) is 10.9 Å². The van der Waals surface area contributed by atoms with E-state index in [-0.39, 0.29) is 0 Å². The van der Waals surface area contributed by atoms with Crippen LogP contribution in [0.15, 0.2) is 36.5 Å². The molecule has 1 aliphatic rings. The number of pyridine rings is 1. The molecule has 1 unspecified atom stereocenters. The molecule has 1 aromatic carbocycles. The predicted molar refractivity (Wildman–Crippen MR) is 80.7 cm³/mol. The number of benzene rings is 1. The number of anilines is 1. The smallest absolute Gasteiger partial charge is 0.0722 e. The van der Waals surface area contributed by atoms with Crippen molar-refractivity contribution in [3.8, 4) is 0 Å². The van der Waals surface area contributed by atoms with E-state index in [0.29, 0.717) is 6.04 Å². The van der Waals surface area contributed by atoms with E-state index in [9.17, 15) is 0 Å². The van der Waals surface area contributed by atoms with Crippen molar-refractivity contribution in [1.29, 1.82) is 0 Å². The fourth-order valence-electron chi connectivity index (χ4n) is 2.79. The van der Waals surface area contributed by atoms with Gasteiger partial charge in [0.1, 0.15) is 0 Å². The Labute approximate surface area is 114 Å². The number of nitrogens with zero attached hydrogens (tertiary/aromatic N) is 2. The Kier molecular flexibility index (Phi) is 3.65. The van der Waals surface area contributed by atoms with Crippen LogP contribution in [0.3, 0.4) is 0 Å². The highest BCUT2D eigenvalue weighted by Crippen LogP contribution is 2.26. The van der Waals surface area contributed by atoms with Crippen molar-refractivity contribution in [2.24, 2.45) is 0 Å². The first-order valence-corrected chi connectivity index (χ1v) is 7.17. The molecule has 0 bridgehead atoms. The molecular weight excluding hydrogens is 234 g/mol. The summed E-state index contributed by atoms with van der Waals surface area (Å²) in [6.45, 7) is 5.62. The van der Waals surface area contributed by atoms with Gasteiger partial charge in [0.15, 0.2) is 0 Å². The minimum atomic E-state index is 0.607. The molecule has 1 aliphatic heterocycles. The zero-order valence-corrected chi connectivity index (χ0v) is 11.5. The fourth-order valence-corrected chi connectivity index (χ4v) is 2.79. The van der Waals surface area contributed by atoms with Crippen molar-refractivity contribution < 1.29 is 0 Å². The van der Waals surface area contributed by atoms with Crippen LogP contribution >= 0.6 is 0 Å². The van der Waals surface area contributed by atoms with Gasteiger partial charge in [-0.1, -0.05) is 6.07 Å². The Bertz CT molecular complexity index is 547. The largest absolute Gasteiger partial charge is 0.371 e. The second-order valence-corrected chi connectivity index (χ2v) is 5.33. The van der Waals surface area contributed by atoms with Gasteiger partial charge in [0.2, 0.25) is 0 Å². The highest BCUT2D eigenvalue weighted by Gasteiger charge is 2.14. The van der Waals surface area contributed by atoms with Gasteiger partial charge in [0.25, 0.3) is 0 Å². The molecule has 1 atom stereocenters. The average Bonchev–Trinajstić information content (AvgIpc) is 2.43. The minimum absolute atomic E-state index is 0.607. The molecule has 2 heterocycles. The standard InChI is InChI=1S/C16H21N3/c1-13-8-12-19(11-4-10-17-13)16-7-2-6-15-14(16)5-3-9-18-15/h2-3,5-7,9,13,17H,4,8,10-12H2,1H3. The second kappa shape index (κ2) is 5.57. The number of hydrogen-bond donors (Lipinski definition) is 1. The van der Waals surface area contributed by atoms with Crippen molar-refractivity contribution >= 4 is 16.6 Å². The highest BCUT2D eigenvalue weighted by molar-refractivity contribution is 5.91. The van der Waals surface area contributed by atoms with Crippen molar-refractivity contribution in [2.75, 3.05) is 24.5 Å². The average molecular weight is 255 g/mol. The van der Waals surface area contributed by atoms with Gasteiger partial charge < -0.3 is 10.2 Å². The van der Waals surface area contributed by atoms with E-state index in [0.717, 1.165) is 25.2 Å². The van der Waals surface area contributed by atoms with Crippen LogP contribution in [0.2, 0.25) is 0 Å². The summed E-state index contributed by atoms with van der Waals surface area (Å²) in [6, 6.07) is 11.2. The molecule has 3 heteroatoms. The summed E-state index contributed by atoms with van der Waals surface area (Å²) < 4.78 is 0. The van der Waals surface area contributed by atoms with E-state index in [4.69, 9.17) is 0 Å². The predicted octanol–water partition coefficient (Wildman–Crippen LogP) is 2.81. The normalized spacial score (nSPS) is 21.1. The zero-order valence-electron chi connectivity index (χ0n) is 11.5. The number of nitrogens with one attached hydrogen (secondary N) is 1. The second-order valence-electron chi connectivity index (χ2n) is 5.33. The number of hydrogen-bond acceptors (Lipinski definition) is 3. The van der Waals surface area contributed by atoms with Crippen LogP contribution in [0.1, 0.15) is 19.8 Å². The third-order valence-electron chi connectivity index (χ3n) is 3.89. The Hall–Kier alpha value is -1.61. The molecular formula is C16H21N3. The lowest BCUT2D eigenvalue weighted by Crippen LogP contribution is -2.38. The highest BCUT2D eigenvalue weighted by atomic mass is 15.1. The molecule has 0 amide bonds. The van der Waals surface area contributed by atoms with Crippen LogP contribution in [-0.4, -0.2) is 30.7 Å². The van der Waals surface area contributed by atoms with E-state index >= 15 is 0 Å². The van der Waals surface area contributed by atoms with Gasteiger partial charge in [-0.3, -0.25) is 4.98 Å². The van der Waals surface area contributed by atoms with Gasteiger partial charge in [-0.15, -0.1) is 0 Å². The van der Waals surface area contributed by atoms with E-state index in [1.807, 2.05) is 12.3 Å². The van der Waals surface area contributed by atoms with Crippen molar-refractivity contribution in [1.82, 2.24) is 10.3 Å². The van der Waals surface area contributed by atoms with Crippen molar-refractivity contribution in [3.05, 3.63) is 36.5 Å².